The average molecular weight is 389 g/mol. The maximum atomic E-state index is 12.1. The van der Waals surface area contributed by atoms with Crippen LogP contribution < -0.4 is 26.0 Å². The lowest BCUT2D eigenvalue weighted by molar-refractivity contribution is 0.268. The molecule has 0 radical (unpaired) electrons. The van der Waals surface area contributed by atoms with E-state index in [-0.39, 0.29) is 17.3 Å². The number of ether oxygens (including phenoxy) is 2. The van der Waals surface area contributed by atoms with Gasteiger partial charge in [0.2, 0.25) is 0 Å². The van der Waals surface area contributed by atoms with Crippen LogP contribution in [0.5, 0.6) is 11.5 Å². The predicted octanol–water partition coefficient (Wildman–Crippen LogP) is 2.51. The molecule has 7 nitrogen and oxygen atoms in total. The highest BCUT2D eigenvalue weighted by Gasteiger charge is 2.13. The Balaban J connectivity index is 2.16. The number of nitrogens with zero attached hydrogens (tertiary/aromatic N) is 2. The summed E-state index contributed by atoms with van der Waals surface area (Å²) in [6.45, 7) is 7.84. The third-order valence-corrected chi connectivity index (χ3v) is 4.61. The van der Waals surface area contributed by atoms with Gasteiger partial charge in [-0.05, 0) is 37.5 Å². The van der Waals surface area contributed by atoms with Crippen molar-refractivity contribution in [1.29, 1.82) is 0 Å². The van der Waals surface area contributed by atoms with E-state index in [2.05, 4.69) is 19.2 Å². The van der Waals surface area contributed by atoms with Gasteiger partial charge in [-0.2, -0.15) is 0 Å². The standard InChI is InChI=1S/C21H31N3O4/c1-6-10-27-18-9-8-16(12-19(18)28-11-7-2)15(3)22-14-17-13-20(25)24(5)21(26)23(17)4/h8-9,12-13,15,22H,6-7,10-11,14H2,1-5H3. The third-order valence-electron chi connectivity index (χ3n) is 4.61. The summed E-state index contributed by atoms with van der Waals surface area (Å²) in [5.41, 5.74) is 1.05. The summed E-state index contributed by atoms with van der Waals surface area (Å²) in [6.07, 6.45) is 1.85. The normalized spacial score (nSPS) is 12.0. The van der Waals surface area contributed by atoms with Gasteiger partial charge in [-0.3, -0.25) is 13.9 Å². The molecule has 0 saturated carbocycles. The first kappa shape index (κ1) is 21.8. The van der Waals surface area contributed by atoms with Crippen molar-refractivity contribution in [3.63, 3.8) is 0 Å². The SMILES string of the molecule is CCCOc1ccc(C(C)NCc2cc(=O)n(C)c(=O)n2C)cc1OCCC. The zero-order chi connectivity index (χ0) is 20.7. The molecule has 1 heterocycles. The largest absolute Gasteiger partial charge is 0.490 e. The molecule has 0 aliphatic heterocycles. The molecule has 0 spiro atoms. The van der Waals surface area contributed by atoms with Gasteiger partial charge in [0.25, 0.3) is 5.56 Å². The van der Waals surface area contributed by atoms with E-state index in [4.69, 9.17) is 9.47 Å². The van der Waals surface area contributed by atoms with E-state index >= 15 is 0 Å². The van der Waals surface area contributed by atoms with Crippen molar-refractivity contribution in [2.24, 2.45) is 14.1 Å². The van der Waals surface area contributed by atoms with Gasteiger partial charge in [-0.1, -0.05) is 19.9 Å². The summed E-state index contributed by atoms with van der Waals surface area (Å²) < 4.78 is 14.2. The molecule has 1 N–H and O–H groups in total. The van der Waals surface area contributed by atoms with Gasteiger partial charge in [0.05, 0.1) is 13.2 Å². The van der Waals surface area contributed by atoms with Gasteiger partial charge in [0, 0.05) is 38.4 Å². The molecule has 1 unspecified atom stereocenters. The third kappa shape index (κ3) is 5.25. The molecule has 28 heavy (non-hydrogen) atoms. The predicted molar refractivity (Wildman–Crippen MR) is 110 cm³/mol. The van der Waals surface area contributed by atoms with Crippen LogP contribution in [-0.4, -0.2) is 22.3 Å². The average Bonchev–Trinajstić information content (AvgIpc) is 2.70. The Morgan fingerprint density at radius 1 is 0.964 bits per heavy atom. The highest BCUT2D eigenvalue weighted by atomic mass is 16.5. The Morgan fingerprint density at radius 3 is 2.25 bits per heavy atom. The van der Waals surface area contributed by atoms with Crippen LogP contribution in [0.15, 0.2) is 33.9 Å². The Labute approximate surface area is 165 Å². The molecule has 2 rings (SSSR count). The first-order chi connectivity index (χ1) is 13.4. The molecule has 0 aliphatic carbocycles. The monoisotopic (exact) mass is 389 g/mol. The molecule has 1 aromatic carbocycles. The van der Waals surface area contributed by atoms with Crippen LogP contribution >= 0.6 is 0 Å². The lowest BCUT2D eigenvalue weighted by atomic mass is 10.1. The zero-order valence-corrected chi connectivity index (χ0v) is 17.4. The number of rotatable bonds is 10. The minimum absolute atomic E-state index is 0.00311. The second-order valence-corrected chi connectivity index (χ2v) is 6.88. The molecule has 1 aromatic heterocycles. The first-order valence-corrected chi connectivity index (χ1v) is 9.77. The summed E-state index contributed by atoms with van der Waals surface area (Å²) in [6, 6.07) is 7.41. The van der Waals surface area contributed by atoms with E-state index in [0.29, 0.717) is 25.5 Å². The quantitative estimate of drug-likeness (QED) is 0.676. The first-order valence-electron chi connectivity index (χ1n) is 9.77. The number of nitrogens with one attached hydrogen (secondary N) is 1. The minimum Gasteiger partial charge on any atom is -0.490 e. The van der Waals surface area contributed by atoms with Gasteiger partial charge in [-0.15, -0.1) is 0 Å². The molecular formula is C21H31N3O4. The van der Waals surface area contributed by atoms with Crippen LogP contribution in [0.4, 0.5) is 0 Å². The van der Waals surface area contributed by atoms with Crippen molar-refractivity contribution >= 4 is 0 Å². The topological polar surface area (TPSA) is 74.5 Å². The van der Waals surface area contributed by atoms with Crippen LogP contribution in [0, 0.1) is 0 Å². The zero-order valence-electron chi connectivity index (χ0n) is 17.4. The molecule has 0 bridgehead atoms. The fraction of sp³-hybridized carbons (Fsp3) is 0.524. The van der Waals surface area contributed by atoms with Crippen molar-refractivity contribution in [2.45, 2.75) is 46.2 Å². The Morgan fingerprint density at radius 2 is 1.61 bits per heavy atom. The summed E-state index contributed by atoms with van der Waals surface area (Å²) >= 11 is 0. The van der Waals surface area contributed by atoms with E-state index in [1.54, 1.807) is 7.05 Å². The highest BCUT2D eigenvalue weighted by Crippen LogP contribution is 2.31. The Hall–Kier alpha value is -2.54. The maximum Gasteiger partial charge on any atom is 0.330 e. The van der Waals surface area contributed by atoms with Gasteiger partial charge in [-0.25, -0.2) is 4.79 Å². The molecule has 154 valence electrons. The Bertz CT molecular complexity index is 901. The summed E-state index contributed by atoms with van der Waals surface area (Å²) in [5, 5.41) is 3.37. The molecule has 0 amide bonds. The molecule has 0 saturated heterocycles. The van der Waals surface area contributed by atoms with E-state index in [1.165, 1.54) is 17.7 Å². The summed E-state index contributed by atoms with van der Waals surface area (Å²) in [7, 11) is 3.14. The van der Waals surface area contributed by atoms with Crippen molar-refractivity contribution in [1.82, 2.24) is 14.5 Å². The minimum atomic E-state index is -0.329. The van der Waals surface area contributed by atoms with Crippen molar-refractivity contribution in [3.05, 3.63) is 56.4 Å². The fourth-order valence-electron chi connectivity index (χ4n) is 2.77. The van der Waals surface area contributed by atoms with Crippen LogP contribution in [0.2, 0.25) is 0 Å². The maximum absolute atomic E-state index is 12.1. The van der Waals surface area contributed by atoms with Gasteiger partial charge in [0.15, 0.2) is 11.5 Å². The molecule has 2 aromatic rings. The van der Waals surface area contributed by atoms with Gasteiger partial charge in [0.1, 0.15) is 0 Å². The fourth-order valence-corrected chi connectivity index (χ4v) is 2.77. The molecular weight excluding hydrogens is 358 g/mol. The number of hydrogen-bond donors (Lipinski definition) is 1. The molecule has 1 atom stereocenters. The van der Waals surface area contributed by atoms with E-state index in [0.717, 1.165) is 34.5 Å². The Kier molecular flexibility index (Phi) is 7.87. The summed E-state index contributed by atoms with van der Waals surface area (Å²) in [5.74, 6) is 1.49. The number of benzene rings is 1. The number of aromatic nitrogens is 2. The smallest absolute Gasteiger partial charge is 0.330 e. The second kappa shape index (κ2) is 10.1. The van der Waals surface area contributed by atoms with E-state index in [1.807, 2.05) is 25.1 Å². The van der Waals surface area contributed by atoms with Crippen LogP contribution in [-0.2, 0) is 20.6 Å². The van der Waals surface area contributed by atoms with Gasteiger partial charge < -0.3 is 14.8 Å². The lowest BCUT2D eigenvalue weighted by Gasteiger charge is -2.19. The second-order valence-electron chi connectivity index (χ2n) is 6.88. The highest BCUT2D eigenvalue weighted by molar-refractivity contribution is 5.44. The van der Waals surface area contributed by atoms with Crippen molar-refractivity contribution < 1.29 is 9.47 Å². The lowest BCUT2D eigenvalue weighted by Crippen LogP contribution is -2.39. The molecule has 0 fully saturated rings. The van der Waals surface area contributed by atoms with Crippen molar-refractivity contribution in [2.75, 3.05) is 13.2 Å². The van der Waals surface area contributed by atoms with Crippen LogP contribution in [0.25, 0.3) is 0 Å². The van der Waals surface area contributed by atoms with E-state index in [9.17, 15) is 9.59 Å². The molecule has 0 aliphatic rings. The molecule has 7 heteroatoms. The van der Waals surface area contributed by atoms with Crippen LogP contribution in [0.3, 0.4) is 0 Å². The summed E-state index contributed by atoms with van der Waals surface area (Å²) in [4.78, 5) is 23.9. The van der Waals surface area contributed by atoms with Gasteiger partial charge >= 0.3 is 5.69 Å². The van der Waals surface area contributed by atoms with E-state index < -0.39 is 0 Å². The number of hydrogen-bond acceptors (Lipinski definition) is 5. The van der Waals surface area contributed by atoms with Crippen molar-refractivity contribution in [3.8, 4) is 11.5 Å². The van der Waals surface area contributed by atoms with Crippen LogP contribution in [0.1, 0.15) is 50.9 Å².